The molecular weight excluding hydrogens is 352 g/mol. The number of halogens is 1. The average Bonchev–Trinajstić information content (AvgIpc) is 2.82. The Balaban J connectivity index is 0.000000422. The van der Waals surface area contributed by atoms with Gasteiger partial charge in [-0.05, 0) is 22.9 Å². The zero-order chi connectivity index (χ0) is 16.5. The topological polar surface area (TPSA) is 97.1 Å². The zero-order valence-electron chi connectivity index (χ0n) is 13.1. The van der Waals surface area contributed by atoms with Crippen molar-refractivity contribution in [3.63, 3.8) is 0 Å². The largest absolute Gasteiger partial charge is 0.394 e. The quantitative estimate of drug-likeness (QED) is 0.734. The molecule has 9 heteroatoms. The second-order valence-corrected chi connectivity index (χ2v) is 5.10. The van der Waals surface area contributed by atoms with Gasteiger partial charge in [0.1, 0.15) is 5.82 Å². The summed E-state index contributed by atoms with van der Waals surface area (Å²) >= 11 is 3.36. The van der Waals surface area contributed by atoms with Crippen molar-refractivity contribution in [3.05, 3.63) is 22.6 Å². The summed E-state index contributed by atoms with van der Waals surface area (Å²) in [6.07, 6.45) is 3.45. The first-order chi connectivity index (χ1) is 10.5. The van der Waals surface area contributed by atoms with Crippen molar-refractivity contribution in [2.45, 2.75) is 6.92 Å². The van der Waals surface area contributed by atoms with Crippen molar-refractivity contribution in [2.24, 2.45) is 7.05 Å². The van der Waals surface area contributed by atoms with E-state index in [0.29, 0.717) is 12.6 Å². The lowest BCUT2D eigenvalue weighted by molar-refractivity contribution is 0.135. The molecule has 0 unspecified atom stereocenters. The predicted octanol–water partition coefficient (Wildman–Crippen LogP) is 1.69. The Kier molecular flexibility index (Phi) is 7.78. The molecule has 0 spiro atoms. The van der Waals surface area contributed by atoms with Crippen LogP contribution in [0.2, 0.25) is 0 Å². The van der Waals surface area contributed by atoms with E-state index in [1.165, 1.54) is 0 Å². The maximum absolute atomic E-state index is 7.94. The highest BCUT2D eigenvalue weighted by Gasteiger charge is 2.07. The van der Waals surface area contributed by atoms with Crippen LogP contribution in [-0.4, -0.2) is 52.2 Å². The van der Waals surface area contributed by atoms with Crippen LogP contribution in [0.25, 0.3) is 0 Å². The molecule has 2 rings (SSSR count). The van der Waals surface area contributed by atoms with Gasteiger partial charge in [0, 0.05) is 27.4 Å². The molecular formula is C13H21BrN6O2. The van der Waals surface area contributed by atoms with E-state index in [4.69, 9.17) is 5.11 Å². The molecule has 0 bridgehead atoms. The zero-order valence-corrected chi connectivity index (χ0v) is 14.7. The Hall–Kier alpha value is -1.71. The van der Waals surface area contributed by atoms with Gasteiger partial charge in [0.2, 0.25) is 5.95 Å². The highest BCUT2D eigenvalue weighted by Crippen LogP contribution is 2.22. The van der Waals surface area contributed by atoms with E-state index in [1.807, 2.05) is 21.0 Å². The minimum Gasteiger partial charge on any atom is -0.394 e. The number of rotatable bonds is 5. The van der Waals surface area contributed by atoms with Crippen LogP contribution < -0.4 is 10.6 Å². The minimum atomic E-state index is 0.122. The molecule has 122 valence electrons. The molecule has 0 amide bonds. The van der Waals surface area contributed by atoms with E-state index >= 15 is 0 Å². The first kappa shape index (κ1) is 18.3. The molecule has 3 N–H and O–H groups in total. The summed E-state index contributed by atoms with van der Waals surface area (Å²) in [5.41, 5.74) is 1.93. The molecule has 8 nitrogen and oxygen atoms in total. The first-order valence-electron chi connectivity index (χ1n) is 6.59. The summed E-state index contributed by atoms with van der Waals surface area (Å²) in [5, 5.41) is 18.2. The number of anilines is 3. The number of aliphatic hydroxyl groups is 1. The summed E-state index contributed by atoms with van der Waals surface area (Å²) in [6, 6.07) is 0. The number of aromatic nitrogens is 4. The third-order valence-corrected chi connectivity index (χ3v) is 3.34. The summed E-state index contributed by atoms with van der Waals surface area (Å²) in [6.45, 7) is 2.55. The molecule has 0 radical (unpaired) electrons. The van der Waals surface area contributed by atoms with Gasteiger partial charge in [-0.15, -0.1) is 0 Å². The summed E-state index contributed by atoms with van der Waals surface area (Å²) < 4.78 is 7.06. The van der Waals surface area contributed by atoms with Gasteiger partial charge < -0.3 is 20.5 Å². The van der Waals surface area contributed by atoms with Gasteiger partial charge in [-0.3, -0.25) is 4.68 Å². The van der Waals surface area contributed by atoms with Crippen LogP contribution >= 0.6 is 15.9 Å². The van der Waals surface area contributed by atoms with Crippen molar-refractivity contribution >= 4 is 33.4 Å². The van der Waals surface area contributed by atoms with E-state index < -0.39 is 0 Å². The molecule has 0 fully saturated rings. The van der Waals surface area contributed by atoms with E-state index in [2.05, 4.69) is 46.4 Å². The number of hydrogen-bond acceptors (Lipinski definition) is 7. The van der Waals surface area contributed by atoms with Crippen molar-refractivity contribution in [3.8, 4) is 0 Å². The fourth-order valence-corrected chi connectivity index (χ4v) is 1.83. The summed E-state index contributed by atoms with van der Waals surface area (Å²) in [7, 11) is 5.25. The van der Waals surface area contributed by atoms with E-state index in [9.17, 15) is 0 Å². The first-order valence-corrected chi connectivity index (χ1v) is 7.38. The van der Waals surface area contributed by atoms with E-state index in [1.54, 1.807) is 24.2 Å². The van der Waals surface area contributed by atoms with Crippen LogP contribution in [0, 0.1) is 6.92 Å². The van der Waals surface area contributed by atoms with E-state index in [-0.39, 0.29) is 6.61 Å². The maximum Gasteiger partial charge on any atom is 0.229 e. The number of aryl methyl sites for hydroxylation is 1. The number of aliphatic hydroxyl groups excluding tert-OH is 1. The lowest BCUT2D eigenvalue weighted by Gasteiger charge is -2.07. The van der Waals surface area contributed by atoms with Crippen LogP contribution in [0.3, 0.4) is 0 Å². The molecule has 0 aromatic carbocycles. The average molecular weight is 373 g/mol. The molecule has 22 heavy (non-hydrogen) atoms. The lowest BCUT2D eigenvalue weighted by Crippen LogP contribution is -2.02. The van der Waals surface area contributed by atoms with Gasteiger partial charge in [-0.1, -0.05) is 0 Å². The number of nitrogens with one attached hydrogen (secondary N) is 2. The smallest absolute Gasteiger partial charge is 0.229 e. The standard InChI is InChI=1S/C10H13BrN6.C3H8O2/c1-6-8(5-14-17(6)3)15-10-13-4-7(11)9(12-2)16-10;1-5-3-2-4/h4-5H,1-3H3,(H2,12,13,15,16);4H,2-3H2,1H3. The van der Waals surface area contributed by atoms with Crippen molar-refractivity contribution in [1.29, 1.82) is 0 Å². The van der Waals surface area contributed by atoms with Gasteiger partial charge in [0.25, 0.3) is 0 Å². The Labute approximate surface area is 138 Å². The SMILES string of the molecule is CNc1nc(Nc2cnn(C)c2C)ncc1Br.COCCO. The molecule has 0 aliphatic carbocycles. The monoisotopic (exact) mass is 372 g/mol. The molecule has 0 aliphatic rings. The summed E-state index contributed by atoms with van der Waals surface area (Å²) in [4.78, 5) is 8.51. The van der Waals surface area contributed by atoms with Gasteiger partial charge >= 0.3 is 0 Å². The van der Waals surface area contributed by atoms with Crippen LogP contribution in [0.4, 0.5) is 17.5 Å². The molecule has 0 atom stereocenters. The number of hydrogen-bond donors (Lipinski definition) is 3. The molecule has 2 heterocycles. The Morgan fingerprint density at radius 3 is 2.59 bits per heavy atom. The number of nitrogens with zero attached hydrogens (tertiary/aromatic N) is 4. The van der Waals surface area contributed by atoms with E-state index in [0.717, 1.165) is 21.7 Å². The van der Waals surface area contributed by atoms with Gasteiger partial charge in [0.15, 0.2) is 0 Å². The number of ether oxygens (including phenoxy) is 1. The van der Waals surface area contributed by atoms with Crippen LogP contribution in [0.1, 0.15) is 5.69 Å². The van der Waals surface area contributed by atoms with Crippen LogP contribution in [-0.2, 0) is 11.8 Å². The second kappa shape index (κ2) is 9.34. The normalized spacial score (nSPS) is 9.91. The van der Waals surface area contributed by atoms with Crippen molar-refractivity contribution in [1.82, 2.24) is 19.7 Å². The third-order valence-electron chi connectivity index (χ3n) is 2.76. The molecule has 0 saturated heterocycles. The summed E-state index contributed by atoms with van der Waals surface area (Å²) in [5.74, 6) is 1.28. The molecule has 0 saturated carbocycles. The molecule has 2 aromatic heterocycles. The minimum absolute atomic E-state index is 0.122. The fourth-order valence-electron chi connectivity index (χ4n) is 1.44. The second-order valence-electron chi connectivity index (χ2n) is 4.25. The lowest BCUT2D eigenvalue weighted by atomic mass is 10.4. The highest BCUT2D eigenvalue weighted by atomic mass is 79.9. The van der Waals surface area contributed by atoms with Gasteiger partial charge in [-0.25, -0.2) is 4.98 Å². The Bertz CT molecular complexity index is 588. The van der Waals surface area contributed by atoms with Crippen molar-refractivity contribution in [2.75, 3.05) is 38.0 Å². The highest BCUT2D eigenvalue weighted by molar-refractivity contribution is 9.10. The molecule has 0 aliphatic heterocycles. The maximum atomic E-state index is 7.94. The number of methoxy groups -OCH3 is 1. The predicted molar refractivity (Wildman–Crippen MR) is 89.5 cm³/mol. The van der Waals surface area contributed by atoms with Gasteiger partial charge in [0.05, 0.1) is 35.3 Å². The van der Waals surface area contributed by atoms with Crippen LogP contribution in [0.5, 0.6) is 0 Å². The van der Waals surface area contributed by atoms with Crippen LogP contribution in [0.15, 0.2) is 16.9 Å². The Morgan fingerprint density at radius 2 is 2.14 bits per heavy atom. The fraction of sp³-hybridized carbons (Fsp3) is 0.462. The third kappa shape index (κ3) is 5.24. The Morgan fingerprint density at radius 1 is 1.41 bits per heavy atom. The molecule has 2 aromatic rings. The van der Waals surface area contributed by atoms with Gasteiger partial charge in [-0.2, -0.15) is 10.1 Å². The van der Waals surface area contributed by atoms with Crippen molar-refractivity contribution < 1.29 is 9.84 Å².